The van der Waals surface area contributed by atoms with Crippen molar-refractivity contribution in [2.75, 3.05) is 79.3 Å². The lowest BCUT2D eigenvalue weighted by molar-refractivity contribution is 0.0253. The van der Waals surface area contributed by atoms with Crippen LogP contribution >= 0.6 is 0 Å². The quantitative estimate of drug-likeness (QED) is 0.462. The highest BCUT2D eigenvalue weighted by atomic mass is 19.1. The second kappa shape index (κ2) is 18.9. The Balaban J connectivity index is 1.28. The van der Waals surface area contributed by atoms with Gasteiger partial charge in [-0.3, -0.25) is 0 Å². The minimum atomic E-state index is -0.607. The van der Waals surface area contributed by atoms with Gasteiger partial charge in [-0.2, -0.15) is 0 Å². The average molecular weight is 604 g/mol. The molecule has 0 saturated heterocycles. The van der Waals surface area contributed by atoms with Crippen LogP contribution in [-0.2, 0) is 32.0 Å². The van der Waals surface area contributed by atoms with Gasteiger partial charge in [-0.15, -0.1) is 0 Å². The minimum Gasteiger partial charge on any atom is -0.491 e. The first-order chi connectivity index (χ1) is 21.2. The molecule has 2 bridgehead atoms. The van der Waals surface area contributed by atoms with Gasteiger partial charge in [0.15, 0.2) is 11.5 Å². The number of nitrogens with one attached hydrogen (secondary N) is 1. The molecule has 43 heavy (non-hydrogen) atoms. The van der Waals surface area contributed by atoms with E-state index in [0.29, 0.717) is 121 Å². The number of rotatable bonds is 4. The van der Waals surface area contributed by atoms with E-state index in [9.17, 15) is 8.78 Å². The van der Waals surface area contributed by atoms with Crippen LogP contribution in [0.15, 0.2) is 60.7 Å². The van der Waals surface area contributed by atoms with Gasteiger partial charge in [-0.05, 0) is 47.5 Å². The van der Waals surface area contributed by atoms with Gasteiger partial charge in [-0.25, -0.2) is 8.78 Å². The molecule has 0 atom stereocenters. The molecule has 11 heteroatoms. The summed E-state index contributed by atoms with van der Waals surface area (Å²) in [6, 6.07) is 16.5. The minimum absolute atomic E-state index is 0.299. The van der Waals surface area contributed by atoms with Crippen molar-refractivity contribution in [2.24, 2.45) is 0 Å². The molecule has 0 aliphatic carbocycles. The monoisotopic (exact) mass is 603 g/mol. The SMILES string of the molecule is Fc1cc(F)cc(CNCc2cc3cc(c2)OCCOCCOCCOc2ccccc2OCCOCCOCCO3)c1. The van der Waals surface area contributed by atoms with Gasteiger partial charge in [0.25, 0.3) is 0 Å². The summed E-state index contributed by atoms with van der Waals surface area (Å²) in [6.07, 6.45) is 0. The third-order valence-corrected chi connectivity index (χ3v) is 6.08. The Hall–Kier alpha value is -3.48. The van der Waals surface area contributed by atoms with Crippen LogP contribution in [0, 0.1) is 11.6 Å². The van der Waals surface area contributed by atoms with Crippen LogP contribution in [0.25, 0.3) is 0 Å². The third-order valence-electron chi connectivity index (χ3n) is 6.08. The highest BCUT2D eigenvalue weighted by Gasteiger charge is 2.07. The van der Waals surface area contributed by atoms with Crippen molar-refractivity contribution in [3.8, 4) is 23.0 Å². The van der Waals surface area contributed by atoms with Crippen molar-refractivity contribution in [3.05, 3.63) is 83.4 Å². The second-order valence-electron chi connectivity index (χ2n) is 9.48. The van der Waals surface area contributed by atoms with Crippen molar-refractivity contribution in [2.45, 2.75) is 13.1 Å². The second-order valence-corrected chi connectivity index (χ2v) is 9.48. The maximum absolute atomic E-state index is 13.5. The van der Waals surface area contributed by atoms with Gasteiger partial charge in [0.05, 0.1) is 52.9 Å². The highest BCUT2D eigenvalue weighted by molar-refractivity contribution is 5.40. The fraction of sp³-hybridized carbons (Fsp3) is 0.438. The Bertz CT molecular complexity index is 1150. The Morgan fingerprint density at radius 2 is 0.860 bits per heavy atom. The largest absolute Gasteiger partial charge is 0.491 e. The van der Waals surface area contributed by atoms with Crippen LogP contribution in [0.3, 0.4) is 0 Å². The molecule has 0 fully saturated rings. The van der Waals surface area contributed by atoms with E-state index >= 15 is 0 Å². The lowest BCUT2D eigenvalue weighted by Gasteiger charge is -2.14. The third kappa shape index (κ3) is 12.7. The number of hydrogen-bond donors (Lipinski definition) is 1. The molecule has 0 spiro atoms. The van der Waals surface area contributed by atoms with E-state index in [1.54, 1.807) is 6.07 Å². The van der Waals surface area contributed by atoms with E-state index in [2.05, 4.69) is 5.32 Å². The van der Waals surface area contributed by atoms with Crippen LogP contribution in [0.2, 0.25) is 0 Å². The molecular formula is C32H39F2NO8. The molecular weight excluding hydrogens is 564 g/mol. The Morgan fingerprint density at radius 1 is 0.465 bits per heavy atom. The number of fused-ring (bicyclic) bond motifs is 3. The molecule has 3 aromatic carbocycles. The van der Waals surface area contributed by atoms with Crippen LogP contribution in [-0.4, -0.2) is 79.3 Å². The summed E-state index contributed by atoms with van der Waals surface area (Å²) >= 11 is 0. The van der Waals surface area contributed by atoms with Crippen molar-refractivity contribution < 1.29 is 46.7 Å². The Morgan fingerprint density at radius 3 is 1.33 bits per heavy atom. The molecule has 1 heterocycles. The summed E-state index contributed by atoms with van der Waals surface area (Å²) < 4.78 is 72.9. The molecule has 3 aromatic rings. The summed E-state index contributed by atoms with van der Waals surface area (Å²) in [7, 11) is 0. The summed E-state index contributed by atoms with van der Waals surface area (Å²) in [5.41, 5.74) is 1.40. The van der Waals surface area contributed by atoms with Gasteiger partial charge in [0, 0.05) is 25.2 Å². The van der Waals surface area contributed by atoms with E-state index in [1.165, 1.54) is 12.1 Å². The van der Waals surface area contributed by atoms with E-state index in [-0.39, 0.29) is 0 Å². The number of ether oxygens (including phenoxy) is 8. The molecule has 4 rings (SSSR count). The highest BCUT2D eigenvalue weighted by Crippen LogP contribution is 2.26. The maximum Gasteiger partial charge on any atom is 0.161 e. The fourth-order valence-electron chi connectivity index (χ4n) is 4.15. The molecule has 9 nitrogen and oxygen atoms in total. The standard InChI is InChI=1S/C32H39F2NO8/c33-27-17-25(18-28(34)21-27)23-35-24-26-19-29-22-30(20-26)41-14-10-37-6-8-39-12-16-43-32-4-2-1-3-31(32)42-15-11-38-7-5-36-9-13-40-29/h1-4,17-22,35H,5-16,23-24H2. The van der Waals surface area contributed by atoms with E-state index in [0.717, 1.165) is 11.6 Å². The first-order valence-electron chi connectivity index (χ1n) is 14.4. The van der Waals surface area contributed by atoms with Crippen LogP contribution < -0.4 is 24.3 Å². The molecule has 0 radical (unpaired) electrons. The maximum atomic E-state index is 13.5. The zero-order chi connectivity index (χ0) is 30.0. The Labute approximate surface area is 250 Å². The summed E-state index contributed by atoms with van der Waals surface area (Å²) in [4.78, 5) is 0. The summed E-state index contributed by atoms with van der Waals surface area (Å²) in [5, 5.41) is 3.21. The predicted octanol–water partition coefficient (Wildman–Crippen LogP) is 4.55. The summed E-state index contributed by atoms with van der Waals surface area (Å²) in [5.74, 6) is 1.32. The van der Waals surface area contributed by atoms with Crippen LogP contribution in [0.4, 0.5) is 8.78 Å². The molecule has 1 aliphatic heterocycles. The zero-order valence-corrected chi connectivity index (χ0v) is 24.2. The number of benzene rings is 3. The molecule has 234 valence electrons. The van der Waals surface area contributed by atoms with Gasteiger partial charge >= 0.3 is 0 Å². The molecule has 0 amide bonds. The molecule has 0 aromatic heterocycles. The smallest absolute Gasteiger partial charge is 0.161 e. The zero-order valence-electron chi connectivity index (χ0n) is 24.2. The van der Waals surface area contributed by atoms with Crippen molar-refractivity contribution in [1.29, 1.82) is 0 Å². The average Bonchev–Trinajstić information content (AvgIpc) is 2.99. The van der Waals surface area contributed by atoms with Gasteiger partial charge < -0.3 is 43.2 Å². The number of halogens is 2. The van der Waals surface area contributed by atoms with Crippen molar-refractivity contribution in [1.82, 2.24) is 5.32 Å². The van der Waals surface area contributed by atoms with Crippen molar-refractivity contribution in [3.63, 3.8) is 0 Å². The normalized spacial score (nSPS) is 16.6. The van der Waals surface area contributed by atoms with Crippen LogP contribution in [0.1, 0.15) is 11.1 Å². The van der Waals surface area contributed by atoms with Crippen molar-refractivity contribution >= 4 is 0 Å². The fourth-order valence-corrected chi connectivity index (χ4v) is 4.15. The van der Waals surface area contributed by atoms with E-state index in [1.807, 2.05) is 36.4 Å². The van der Waals surface area contributed by atoms with Gasteiger partial charge in [0.2, 0.25) is 0 Å². The number of para-hydroxylation sites is 2. The topological polar surface area (TPSA) is 85.9 Å². The Kier molecular flexibility index (Phi) is 14.3. The summed E-state index contributed by atoms with van der Waals surface area (Å²) in [6.45, 7) is 5.44. The molecule has 0 saturated carbocycles. The van der Waals surface area contributed by atoms with Gasteiger partial charge in [0.1, 0.15) is 49.6 Å². The first-order valence-corrected chi connectivity index (χ1v) is 14.4. The van der Waals surface area contributed by atoms with Crippen LogP contribution in [0.5, 0.6) is 23.0 Å². The molecule has 0 unspecified atom stereocenters. The molecule has 1 aliphatic rings. The van der Waals surface area contributed by atoms with E-state index < -0.39 is 11.6 Å². The lowest BCUT2D eigenvalue weighted by atomic mass is 10.1. The molecule has 1 N–H and O–H groups in total. The predicted molar refractivity (Wildman–Crippen MR) is 155 cm³/mol. The lowest BCUT2D eigenvalue weighted by Crippen LogP contribution is -2.15. The van der Waals surface area contributed by atoms with Gasteiger partial charge in [-0.1, -0.05) is 12.1 Å². The first kappa shape index (κ1) is 32.4. The van der Waals surface area contributed by atoms with E-state index in [4.69, 9.17) is 37.9 Å². The number of hydrogen-bond acceptors (Lipinski definition) is 9.